The Morgan fingerprint density at radius 2 is 1.78 bits per heavy atom. The number of sulfonamides is 1. The van der Waals surface area contributed by atoms with Gasteiger partial charge in [-0.2, -0.15) is 0 Å². The van der Waals surface area contributed by atoms with E-state index in [1.165, 1.54) is 24.3 Å². The molecule has 1 heterocycles. The monoisotopic (exact) mass is 391 g/mol. The van der Waals surface area contributed by atoms with Crippen LogP contribution in [-0.4, -0.2) is 45.7 Å². The van der Waals surface area contributed by atoms with Crippen LogP contribution in [0.4, 0.5) is 5.69 Å². The molecule has 0 fully saturated rings. The van der Waals surface area contributed by atoms with Crippen LogP contribution in [0.5, 0.6) is 11.5 Å². The van der Waals surface area contributed by atoms with E-state index >= 15 is 0 Å². The molecule has 0 aromatic heterocycles. The van der Waals surface area contributed by atoms with Crippen molar-refractivity contribution < 1.29 is 32.2 Å². The molecule has 1 aliphatic heterocycles. The molecular weight excluding hydrogens is 374 g/mol. The lowest BCUT2D eigenvalue weighted by atomic mass is 10.1. The van der Waals surface area contributed by atoms with Crippen molar-refractivity contribution in [3.8, 4) is 11.5 Å². The summed E-state index contributed by atoms with van der Waals surface area (Å²) in [4.78, 5) is 24.2. The van der Waals surface area contributed by atoms with E-state index in [1.807, 2.05) is 0 Å². The van der Waals surface area contributed by atoms with Crippen molar-refractivity contribution in [1.82, 2.24) is 0 Å². The van der Waals surface area contributed by atoms with Gasteiger partial charge < -0.3 is 14.2 Å². The molecule has 1 aliphatic rings. The van der Waals surface area contributed by atoms with E-state index in [-0.39, 0.29) is 12.2 Å². The molecule has 0 spiro atoms. The van der Waals surface area contributed by atoms with E-state index in [4.69, 9.17) is 14.2 Å². The fourth-order valence-electron chi connectivity index (χ4n) is 2.39. The fraction of sp³-hybridized carbons (Fsp3) is 0.222. The van der Waals surface area contributed by atoms with E-state index in [0.29, 0.717) is 17.2 Å². The van der Waals surface area contributed by atoms with Crippen molar-refractivity contribution in [2.45, 2.75) is 6.10 Å². The number of benzene rings is 2. The first-order valence-corrected chi connectivity index (χ1v) is 9.87. The number of hydrogen-bond acceptors (Lipinski definition) is 7. The predicted molar refractivity (Wildman–Crippen MR) is 96.6 cm³/mol. The van der Waals surface area contributed by atoms with Crippen molar-refractivity contribution in [2.75, 3.05) is 24.2 Å². The van der Waals surface area contributed by atoms with Crippen LogP contribution in [0.1, 0.15) is 10.4 Å². The minimum absolute atomic E-state index is 0.00407. The Labute approximate surface area is 156 Å². The zero-order chi connectivity index (χ0) is 19.4. The molecule has 0 saturated carbocycles. The van der Waals surface area contributed by atoms with Gasteiger partial charge in [0.1, 0.15) is 6.61 Å². The maximum Gasteiger partial charge on any atom is 0.351 e. The van der Waals surface area contributed by atoms with Crippen LogP contribution in [-0.2, 0) is 19.6 Å². The van der Waals surface area contributed by atoms with Gasteiger partial charge in [-0.3, -0.25) is 9.52 Å². The fourth-order valence-corrected chi connectivity index (χ4v) is 2.95. The molecule has 2 aromatic carbocycles. The lowest BCUT2D eigenvalue weighted by molar-refractivity contribution is -0.153. The van der Waals surface area contributed by atoms with Crippen LogP contribution in [0.2, 0.25) is 0 Å². The number of carbonyl (C=O) groups excluding carboxylic acids is 2. The van der Waals surface area contributed by atoms with Crippen molar-refractivity contribution in [3.63, 3.8) is 0 Å². The average molecular weight is 391 g/mol. The Morgan fingerprint density at radius 3 is 2.44 bits per heavy atom. The second-order valence-corrected chi connectivity index (χ2v) is 7.60. The van der Waals surface area contributed by atoms with Gasteiger partial charge in [-0.1, -0.05) is 12.1 Å². The number of nitrogens with one attached hydrogen (secondary N) is 1. The minimum atomic E-state index is -3.40. The maximum atomic E-state index is 12.1. The summed E-state index contributed by atoms with van der Waals surface area (Å²) in [7, 11) is -3.40. The molecule has 0 radical (unpaired) electrons. The molecule has 0 aliphatic carbocycles. The van der Waals surface area contributed by atoms with Gasteiger partial charge in [0, 0.05) is 11.3 Å². The summed E-state index contributed by atoms with van der Waals surface area (Å²) in [6, 6.07) is 12.7. The number of carbonyl (C=O) groups is 2. The highest BCUT2D eigenvalue weighted by atomic mass is 32.2. The molecule has 2 aromatic rings. The molecule has 0 saturated heterocycles. The molecule has 8 nitrogen and oxygen atoms in total. The van der Waals surface area contributed by atoms with Crippen LogP contribution >= 0.6 is 0 Å². The summed E-state index contributed by atoms with van der Waals surface area (Å²) in [6.45, 7) is -0.463. The second kappa shape index (κ2) is 7.67. The zero-order valence-electron chi connectivity index (χ0n) is 14.4. The number of anilines is 1. The van der Waals surface area contributed by atoms with Gasteiger partial charge in [-0.05, 0) is 36.4 Å². The highest BCUT2D eigenvalue weighted by molar-refractivity contribution is 7.92. The number of fused-ring (bicyclic) bond motifs is 1. The summed E-state index contributed by atoms with van der Waals surface area (Å²) in [5, 5.41) is 0. The molecule has 0 unspecified atom stereocenters. The van der Waals surface area contributed by atoms with Crippen LogP contribution in [0.25, 0.3) is 0 Å². The number of rotatable bonds is 6. The third-order valence-corrected chi connectivity index (χ3v) is 4.23. The summed E-state index contributed by atoms with van der Waals surface area (Å²) >= 11 is 0. The van der Waals surface area contributed by atoms with Gasteiger partial charge in [-0.15, -0.1) is 0 Å². The van der Waals surface area contributed by atoms with Gasteiger partial charge in [-0.25, -0.2) is 13.2 Å². The Balaban J connectivity index is 1.54. The standard InChI is InChI=1S/C18H17NO7S/c1-27(22,23)19-13-8-6-12(7-9-13)14(20)10-25-18(21)17-11-24-15-4-2-3-5-16(15)26-17/h2-9,17,19H,10-11H2,1H3/t17-/m1/s1. The zero-order valence-corrected chi connectivity index (χ0v) is 15.2. The first-order chi connectivity index (χ1) is 12.8. The molecule has 0 amide bonds. The number of Topliss-reactive ketones (excluding diaryl/α,β-unsaturated/α-hetero) is 1. The van der Waals surface area contributed by atoms with Crippen molar-refractivity contribution in [2.24, 2.45) is 0 Å². The SMILES string of the molecule is CS(=O)(=O)Nc1ccc(C(=O)COC(=O)[C@H]2COc3ccccc3O2)cc1. The van der Waals surface area contributed by atoms with E-state index in [2.05, 4.69) is 4.72 Å². The molecule has 142 valence electrons. The minimum Gasteiger partial charge on any atom is -0.485 e. The van der Waals surface area contributed by atoms with Gasteiger partial charge in [0.2, 0.25) is 16.1 Å². The lowest BCUT2D eigenvalue weighted by Crippen LogP contribution is -2.38. The molecule has 3 rings (SSSR count). The smallest absolute Gasteiger partial charge is 0.351 e. The van der Waals surface area contributed by atoms with Crippen LogP contribution in [0.15, 0.2) is 48.5 Å². The molecule has 1 N–H and O–H groups in total. The predicted octanol–water partition coefficient (Wildman–Crippen LogP) is 1.62. The third kappa shape index (κ3) is 4.98. The lowest BCUT2D eigenvalue weighted by Gasteiger charge is -2.24. The highest BCUT2D eigenvalue weighted by Gasteiger charge is 2.29. The number of esters is 1. The number of para-hydroxylation sites is 2. The Bertz CT molecular complexity index is 954. The van der Waals surface area contributed by atoms with Crippen LogP contribution in [0.3, 0.4) is 0 Å². The number of hydrogen-bond donors (Lipinski definition) is 1. The van der Waals surface area contributed by atoms with Crippen molar-refractivity contribution in [3.05, 3.63) is 54.1 Å². The molecule has 1 atom stereocenters. The first kappa shape index (κ1) is 18.7. The Morgan fingerprint density at radius 1 is 1.11 bits per heavy atom. The molecule has 27 heavy (non-hydrogen) atoms. The van der Waals surface area contributed by atoms with Gasteiger partial charge in [0.25, 0.3) is 0 Å². The van der Waals surface area contributed by atoms with Crippen molar-refractivity contribution in [1.29, 1.82) is 0 Å². The first-order valence-electron chi connectivity index (χ1n) is 7.98. The van der Waals surface area contributed by atoms with Gasteiger partial charge in [0.05, 0.1) is 6.26 Å². The third-order valence-electron chi connectivity index (χ3n) is 3.63. The van der Waals surface area contributed by atoms with Gasteiger partial charge >= 0.3 is 5.97 Å². The quantitative estimate of drug-likeness (QED) is 0.589. The maximum absolute atomic E-state index is 12.1. The second-order valence-electron chi connectivity index (χ2n) is 5.85. The summed E-state index contributed by atoms with van der Waals surface area (Å²) < 4.78 is 40.6. The van der Waals surface area contributed by atoms with E-state index in [9.17, 15) is 18.0 Å². The molecular formula is C18H17NO7S. The summed E-state index contributed by atoms with van der Waals surface area (Å²) in [6.07, 6.45) is 0.0788. The highest BCUT2D eigenvalue weighted by Crippen LogP contribution is 2.31. The van der Waals surface area contributed by atoms with E-state index < -0.39 is 34.5 Å². The summed E-state index contributed by atoms with van der Waals surface area (Å²) in [5.41, 5.74) is 0.616. The molecule has 0 bridgehead atoms. The molecule has 9 heteroatoms. The Kier molecular flexibility index (Phi) is 5.31. The van der Waals surface area contributed by atoms with Gasteiger partial charge in [0.15, 0.2) is 23.9 Å². The Hall–Kier alpha value is -3.07. The number of ketones is 1. The van der Waals surface area contributed by atoms with Crippen LogP contribution in [0, 0.1) is 0 Å². The largest absolute Gasteiger partial charge is 0.485 e. The van der Waals surface area contributed by atoms with Crippen LogP contribution < -0.4 is 14.2 Å². The van der Waals surface area contributed by atoms with E-state index in [0.717, 1.165) is 6.26 Å². The number of ether oxygens (including phenoxy) is 3. The van der Waals surface area contributed by atoms with Crippen molar-refractivity contribution >= 4 is 27.5 Å². The summed E-state index contributed by atoms with van der Waals surface area (Å²) in [5.74, 6) is -0.147. The topological polar surface area (TPSA) is 108 Å². The average Bonchev–Trinajstić information content (AvgIpc) is 2.64. The van der Waals surface area contributed by atoms with E-state index in [1.54, 1.807) is 24.3 Å². The normalized spacial score (nSPS) is 15.7.